The second-order valence-corrected chi connectivity index (χ2v) is 5.85. The van der Waals surface area contributed by atoms with E-state index >= 15 is 0 Å². The largest absolute Gasteiger partial charge is 0.368 e. The molecule has 0 spiro atoms. The van der Waals surface area contributed by atoms with Gasteiger partial charge in [0.05, 0.1) is 0 Å². The fraction of sp³-hybridized carbons (Fsp3) is 0.909. The highest BCUT2D eigenvalue weighted by Crippen LogP contribution is 2.24. The minimum absolute atomic E-state index is 0.170. The molecule has 2 atom stereocenters. The van der Waals surface area contributed by atoms with Crippen LogP contribution in [0.2, 0.25) is 0 Å². The normalized spacial score (nSPS) is 33.3. The fourth-order valence-corrected chi connectivity index (χ4v) is 2.67. The molecule has 0 radical (unpaired) electrons. The van der Waals surface area contributed by atoms with Gasteiger partial charge >= 0.3 is 0 Å². The number of rotatable bonds is 1. The summed E-state index contributed by atoms with van der Waals surface area (Å²) in [6.07, 6.45) is 2.97. The quantitative estimate of drug-likeness (QED) is 0.683. The number of carbonyl (C=O) groups excluding carboxylic acids is 1. The summed E-state index contributed by atoms with van der Waals surface area (Å²) in [5.74, 6) is 0.596. The van der Waals surface area contributed by atoms with Crippen molar-refractivity contribution in [1.82, 2.24) is 4.90 Å². The highest BCUT2D eigenvalue weighted by atomic mass is 79.9. The Balaban J connectivity index is 1.90. The van der Waals surface area contributed by atoms with Crippen LogP contribution in [0.3, 0.4) is 0 Å². The lowest BCUT2D eigenvalue weighted by molar-refractivity contribution is -0.143. The molecule has 0 aliphatic carbocycles. The molecule has 1 amide bonds. The first-order valence-electron chi connectivity index (χ1n) is 5.73. The molecule has 0 bridgehead atoms. The molecule has 2 aliphatic heterocycles. The monoisotopic (exact) mass is 275 g/mol. The van der Waals surface area contributed by atoms with E-state index in [9.17, 15) is 4.79 Å². The number of carbonyl (C=O) groups is 1. The molecule has 2 unspecified atom stereocenters. The van der Waals surface area contributed by atoms with Crippen LogP contribution in [0.5, 0.6) is 0 Å². The number of nitrogens with zero attached hydrogens (tertiary/aromatic N) is 1. The zero-order chi connectivity index (χ0) is 10.8. The molecule has 2 aliphatic rings. The molecule has 86 valence electrons. The van der Waals surface area contributed by atoms with E-state index in [4.69, 9.17) is 4.74 Å². The number of likely N-dealkylation sites (tertiary alicyclic amines) is 1. The van der Waals surface area contributed by atoms with E-state index in [1.165, 1.54) is 0 Å². The minimum atomic E-state index is -0.170. The van der Waals surface area contributed by atoms with Crippen molar-refractivity contribution < 1.29 is 9.53 Å². The lowest BCUT2D eigenvalue weighted by Gasteiger charge is -2.32. The van der Waals surface area contributed by atoms with Crippen molar-refractivity contribution in [2.24, 2.45) is 5.92 Å². The van der Waals surface area contributed by atoms with Crippen LogP contribution in [-0.4, -0.2) is 41.4 Å². The SMILES string of the molecule is CC1CCOC1C(=O)N1CCC(Br)CC1. The zero-order valence-corrected chi connectivity index (χ0v) is 10.7. The second kappa shape index (κ2) is 4.83. The average Bonchev–Trinajstić information content (AvgIpc) is 2.65. The first-order chi connectivity index (χ1) is 7.18. The first kappa shape index (κ1) is 11.4. The summed E-state index contributed by atoms with van der Waals surface area (Å²) < 4.78 is 5.50. The number of hydrogen-bond acceptors (Lipinski definition) is 2. The van der Waals surface area contributed by atoms with Crippen LogP contribution in [0.15, 0.2) is 0 Å². The van der Waals surface area contributed by atoms with Crippen LogP contribution in [-0.2, 0) is 9.53 Å². The van der Waals surface area contributed by atoms with E-state index in [-0.39, 0.29) is 12.0 Å². The topological polar surface area (TPSA) is 29.5 Å². The van der Waals surface area contributed by atoms with Crippen molar-refractivity contribution in [3.8, 4) is 0 Å². The molecule has 2 saturated heterocycles. The Kier molecular flexibility index (Phi) is 3.67. The van der Waals surface area contributed by atoms with Crippen LogP contribution >= 0.6 is 15.9 Å². The van der Waals surface area contributed by atoms with Gasteiger partial charge in [-0.15, -0.1) is 0 Å². The van der Waals surface area contributed by atoms with Crippen LogP contribution in [0.25, 0.3) is 0 Å². The molecule has 0 aromatic carbocycles. The Morgan fingerprint density at radius 2 is 2.00 bits per heavy atom. The van der Waals surface area contributed by atoms with Gasteiger partial charge in [-0.25, -0.2) is 0 Å². The molecule has 3 nitrogen and oxygen atoms in total. The summed E-state index contributed by atoms with van der Waals surface area (Å²) in [6.45, 7) is 4.60. The number of ether oxygens (including phenoxy) is 1. The van der Waals surface area contributed by atoms with Crippen molar-refractivity contribution in [1.29, 1.82) is 0 Å². The number of hydrogen-bond donors (Lipinski definition) is 0. The highest BCUT2D eigenvalue weighted by molar-refractivity contribution is 9.09. The first-order valence-corrected chi connectivity index (χ1v) is 6.64. The van der Waals surface area contributed by atoms with E-state index in [0.29, 0.717) is 10.7 Å². The Bertz CT molecular complexity index is 239. The molecule has 0 N–H and O–H groups in total. The molecule has 15 heavy (non-hydrogen) atoms. The molecule has 0 saturated carbocycles. The Morgan fingerprint density at radius 3 is 2.53 bits per heavy atom. The highest BCUT2D eigenvalue weighted by Gasteiger charge is 2.35. The van der Waals surface area contributed by atoms with Crippen molar-refractivity contribution in [2.75, 3.05) is 19.7 Å². The zero-order valence-electron chi connectivity index (χ0n) is 9.12. The Labute approximate surface area is 99.3 Å². The van der Waals surface area contributed by atoms with Crippen molar-refractivity contribution in [3.63, 3.8) is 0 Å². The van der Waals surface area contributed by atoms with Gasteiger partial charge in [-0.05, 0) is 25.2 Å². The predicted molar refractivity (Wildman–Crippen MR) is 62.1 cm³/mol. The van der Waals surface area contributed by atoms with Gasteiger partial charge in [-0.2, -0.15) is 0 Å². The number of alkyl halides is 1. The van der Waals surface area contributed by atoms with Gasteiger partial charge in [0, 0.05) is 24.5 Å². The second-order valence-electron chi connectivity index (χ2n) is 4.56. The summed E-state index contributed by atoms with van der Waals surface area (Å²) in [6, 6.07) is 0. The molecular formula is C11H18BrNO2. The molecule has 4 heteroatoms. The number of amides is 1. The lowest BCUT2D eigenvalue weighted by atomic mass is 10.0. The standard InChI is InChI=1S/C11H18BrNO2/c1-8-4-7-15-10(8)11(14)13-5-2-9(12)3-6-13/h8-10H,2-7H2,1H3. The molecule has 0 aromatic heterocycles. The van der Waals surface area contributed by atoms with Gasteiger partial charge in [-0.3, -0.25) is 4.79 Å². The van der Waals surface area contributed by atoms with E-state index in [2.05, 4.69) is 22.9 Å². The maximum Gasteiger partial charge on any atom is 0.251 e. The lowest BCUT2D eigenvalue weighted by Crippen LogP contribution is -2.45. The third-order valence-corrected chi connectivity index (χ3v) is 4.28. The molecule has 2 fully saturated rings. The molecule has 2 heterocycles. The van der Waals surface area contributed by atoms with Crippen LogP contribution in [0.1, 0.15) is 26.2 Å². The molecule has 0 aromatic rings. The summed E-state index contributed by atoms with van der Waals surface area (Å²) in [5, 5.41) is 0. The molecular weight excluding hydrogens is 258 g/mol. The van der Waals surface area contributed by atoms with Gasteiger partial charge in [-0.1, -0.05) is 22.9 Å². The van der Waals surface area contributed by atoms with Crippen molar-refractivity contribution in [3.05, 3.63) is 0 Å². The van der Waals surface area contributed by atoms with Gasteiger partial charge in [0.2, 0.25) is 0 Å². The van der Waals surface area contributed by atoms with Crippen molar-refractivity contribution >= 4 is 21.8 Å². The average molecular weight is 276 g/mol. The van der Waals surface area contributed by atoms with E-state index < -0.39 is 0 Å². The Morgan fingerprint density at radius 1 is 1.33 bits per heavy atom. The van der Waals surface area contributed by atoms with Gasteiger partial charge in [0.15, 0.2) is 0 Å². The minimum Gasteiger partial charge on any atom is -0.368 e. The van der Waals surface area contributed by atoms with Gasteiger partial charge in [0.1, 0.15) is 6.10 Å². The fourth-order valence-electron chi connectivity index (χ4n) is 2.26. The predicted octanol–water partition coefficient (Wildman–Crippen LogP) is 1.80. The number of halogens is 1. The van der Waals surface area contributed by atoms with Crippen LogP contribution in [0.4, 0.5) is 0 Å². The van der Waals surface area contributed by atoms with E-state index in [1.807, 2.05) is 4.90 Å². The van der Waals surface area contributed by atoms with Gasteiger partial charge in [0.25, 0.3) is 5.91 Å². The van der Waals surface area contributed by atoms with Gasteiger partial charge < -0.3 is 9.64 Å². The van der Waals surface area contributed by atoms with Crippen LogP contribution < -0.4 is 0 Å². The maximum absolute atomic E-state index is 12.1. The van der Waals surface area contributed by atoms with E-state index in [0.717, 1.165) is 39.0 Å². The summed E-state index contributed by atoms with van der Waals surface area (Å²) in [7, 11) is 0. The summed E-state index contributed by atoms with van der Waals surface area (Å²) in [5.41, 5.74) is 0. The smallest absolute Gasteiger partial charge is 0.251 e. The Hall–Kier alpha value is -0.0900. The van der Waals surface area contributed by atoms with E-state index in [1.54, 1.807) is 0 Å². The third-order valence-electron chi connectivity index (χ3n) is 3.37. The summed E-state index contributed by atoms with van der Waals surface area (Å²) >= 11 is 3.59. The van der Waals surface area contributed by atoms with Crippen LogP contribution in [0, 0.1) is 5.92 Å². The molecule has 2 rings (SSSR count). The number of piperidine rings is 1. The summed E-state index contributed by atoms with van der Waals surface area (Å²) in [4.78, 5) is 14.7. The maximum atomic E-state index is 12.1. The third kappa shape index (κ3) is 2.53. The van der Waals surface area contributed by atoms with Crippen molar-refractivity contribution in [2.45, 2.75) is 37.1 Å².